The fourth-order valence-electron chi connectivity index (χ4n) is 2.63. The Labute approximate surface area is 147 Å². The molecule has 0 aliphatic carbocycles. The van der Waals surface area contributed by atoms with E-state index in [-0.39, 0.29) is 11.6 Å². The van der Waals surface area contributed by atoms with Crippen LogP contribution in [0, 0.1) is 0 Å². The Balaban J connectivity index is 2.45. The molecule has 0 amide bonds. The van der Waals surface area contributed by atoms with Crippen molar-refractivity contribution < 1.29 is 19.0 Å². The molecule has 0 saturated carbocycles. The van der Waals surface area contributed by atoms with E-state index in [9.17, 15) is 14.7 Å². The Morgan fingerprint density at radius 2 is 1.96 bits per heavy atom. The molecule has 0 spiro atoms. The van der Waals surface area contributed by atoms with E-state index in [0.717, 1.165) is 0 Å². The van der Waals surface area contributed by atoms with Gasteiger partial charge in [-0.1, -0.05) is 20.8 Å². The van der Waals surface area contributed by atoms with Gasteiger partial charge < -0.3 is 19.0 Å². The van der Waals surface area contributed by atoms with Crippen molar-refractivity contribution in [3.63, 3.8) is 0 Å². The summed E-state index contributed by atoms with van der Waals surface area (Å²) in [5, 5.41) is 9.57. The largest absolute Gasteiger partial charge is 0.407 e. The van der Waals surface area contributed by atoms with Gasteiger partial charge in [0.2, 0.25) is 0 Å². The first-order chi connectivity index (χ1) is 11.5. The molecule has 2 N–H and O–H groups in total. The highest BCUT2D eigenvalue weighted by Crippen LogP contribution is 2.42. The van der Waals surface area contributed by atoms with Crippen LogP contribution in [0.15, 0.2) is 21.9 Å². The van der Waals surface area contributed by atoms with Crippen molar-refractivity contribution in [1.82, 2.24) is 9.55 Å². The third-order valence-electron chi connectivity index (χ3n) is 5.10. The third kappa shape index (κ3) is 3.95. The van der Waals surface area contributed by atoms with Gasteiger partial charge in [0.25, 0.3) is 5.56 Å². The lowest BCUT2D eigenvalue weighted by atomic mass is 10.1. The number of ether oxygens (including phenoxy) is 2. The first-order valence-electron chi connectivity index (χ1n) is 8.30. The summed E-state index contributed by atoms with van der Waals surface area (Å²) < 4.78 is 19.1. The summed E-state index contributed by atoms with van der Waals surface area (Å²) in [6.07, 6.45) is -1.14. The van der Waals surface area contributed by atoms with Crippen molar-refractivity contribution in [3.8, 4) is 0 Å². The maximum Gasteiger partial charge on any atom is 0.330 e. The number of aliphatic hydroxyl groups excluding tert-OH is 1. The molecule has 0 aromatic carbocycles. The molecule has 1 aromatic rings. The number of nitrogens with one attached hydrogen (secondary N) is 1. The van der Waals surface area contributed by atoms with Crippen LogP contribution in [-0.2, 0) is 13.9 Å². The number of nitrogens with zero attached hydrogens (tertiary/aromatic N) is 1. The van der Waals surface area contributed by atoms with E-state index in [1.165, 1.54) is 23.9 Å². The molecule has 142 valence electrons. The number of methoxy groups -OCH3 is 1. The number of aliphatic hydroxyl groups is 1. The van der Waals surface area contributed by atoms with E-state index in [1.807, 2.05) is 0 Å². The SMILES string of the molecule is CO[C@H]1[C@@H](O[Si](C)(C)C(C)(C)C)[C@H](n2ccc(=O)[nH]c2=O)O[C@@H]1CO. The summed E-state index contributed by atoms with van der Waals surface area (Å²) in [5.41, 5.74) is -1.07. The minimum atomic E-state index is -2.20. The van der Waals surface area contributed by atoms with E-state index in [2.05, 4.69) is 38.8 Å². The zero-order chi connectivity index (χ0) is 19.0. The van der Waals surface area contributed by atoms with Crippen LogP contribution in [0.5, 0.6) is 0 Å². The summed E-state index contributed by atoms with van der Waals surface area (Å²) in [6.45, 7) is 10.3. The molecule has 9 heteroatoms. The smallest absolute Gasteiger partial charge is 0.330 e. The van der Waals surface area contributed by atoms with Crippen LogP contribution in [0.4, 0.5) is 0 Å². The van der Waals surface area contributed by atoms with Gasteiger partial charge in [-0.2, -0.15) is 0 Å². The number of hydrogen-bond donors (Lipinski definition) is 2. The Kier molecular flexibility index (Phi) is 5.74. The maximum atomic E-state index is 12.2. The second kappa shape index (κ2) is 7.16. The Bertz CT molecular complexity index is 708. The molecule has 1 fully saturated rings. The molecule has 1 aromatic heterocycles. The third-order valence-corrected chi connectivity index (χ3v) is 9.57. The first kappa shape index (κ1) is 20.1. The van der Waals surface area contributed by atoms with Gasteiger partial charge in [0.05, 0.1) is 6.61 Å². The fraction of sp³-hybridized carbons (Fsp3) is 0.750. The Morgan fingerprint density at radius 3 is 2.44 bits per heavy atom. The maximum absolute atomic E-state index is 12.2. The number of aromatic nitrogens is 2. The topological polar surface area (TPSA) is 103 Å². The van der Waals surface area contributed by atoms with Crippen LogP contribution < -0.4 is 11.2 Å². The highest BCUT2D eigenvalue weighted by Gasteiger charge is 2.51. The number of rotatable bonds is 5. The quantitative estimate of drug-likeness (QED) is 0.742. The lowest BCUT2D eigenvalue weighted by Gasteiger charge is -2.40. The zero-order valence-electron chi connectivity index (χ0n) is 15.6. The number of H-pyrrole nitrogens is 1. The molecule has 0 bridgehead atoms. The zero-order valence-corrected chi connectivity index (χ0v) is 16.6. The summed E-state index contributed by atoms with van der Waals surface area (Å²) in [6, 6.07) is 1.25. The monoisotopic (exact) mass is 372 g/mol. The second-order valence-corrected chi connectivity index (χ2v) is 12.6. The Morgan fingerprint density at radius 1 is 1.32 bits per heavy atom. The molecule has 0 radical (unpaired) electrons. The van der Waals surface area contributed by atoms with E-state index in [4.69, 9.17) is 13.9 Å². The van der Waals surface area contributed by atoms with Gasteiger partial charge >= 0.3 is 5.69 Å². The molecule has 8 nitrogen and oxygen atoms in total. The van der Waals surface area contributed by atoms with Crippen LogP contribution in [0.2, 0.25) is 18.1 Å². The van der Waals surface area contributed by atoms with Crippen LogP contribution in [-0.4, -0.2) is 55.0 Å². The van der Waals surface area contributed by atoms with Crippen molar-refractivity contribution in [3.05, 3.63) is 33.1 Å². The summed E-state index contributed by atoms with van der Waals surface area (Å²) in [4.78, 5) is 25.8. The van der Waals surface area contributed by atoms with Gasteiger partial charge in [0, 0.05) is 19.4 Å². The van der Waals surface area contributed by atoms with Gasteiger partial charge in [-0.05, 0) is 18.1 Å². The van der Waals surface area contributed by atoms with E-state index >= 15 is 0 Å². The summed E-state index contributed by atoms with van der Waals surface area (Å²) in [5.74, 6) is 0. The normalized spacial score (nSPS) is 27.6. The lowest BCUT2D eigenvalue weighted by Crippen LogP contribution is -2.50. The van der Waals surface area contributed by atoms with Crippen molar-refractivity contribution in [2.24, 2.45) is 0 Å². The van der Waals surface area contributed by atoms with Crippen LogP contribution in [0.25, 0.3) is 0 Å². The highest BCUT2D eigenvalue weighted by molar-refractivity contribution is 6.74. The molecule has 25 heavy (non-hydrogen) atoms. The van der Waals surface area contributed by atoms with E-state index in [0.29, 0.717) is 0 Å². The van der Waals surface area contributed by atoms with Gasteiger partial charge in [0.1, 0.15) is 18.3 Å². The van der Waals surface area contributed by atoms with Gasteiger partial charge in [-0.25, -0.2) is 4.79 Å². The average Bonchev–Trinajstić information content (AvgIpc) is 2.83. The average molecular weight is 372 g/mol. The predicted molar refractivity (Wildman–Crippen MR) is 95.2 cm³/mol. The highest BCUT2D eigenvalue weighted by atomic mass is 28.4. The number of aromatic amines is 1. The van der Waals surface area contributed by atoms with Crippen LogP contribution in [0.3, 0.4) is 0 Å². The molecule has 2 rings (SSSR count). The molecule has 0 unspecified atom stereocenters. The van der Waals surface area contributed by atoms with E-state index < -0.39 is 44.1 Å². The van der Waals surface area contributed by atoms with Crippen molar-refractivity contribution >= 4 is 8.32 Å². The molecule has 4 atom stereocenters. The minimum absolute atomic E-state index is 0.0525. The lowest BCUT2D eigenvalue weighted by molar-refractivity contribution is -0.0561. The Hall–Kier alpha value is -1.26. The fourth-order valence-corrected chi connectivity index (χ4v) is 3.92. The van der Waals surface area contributed by atoms with Crippen molar-refractivity contribution in [2.45, 2.75) is 63.4 Å². The molecular weight excluding hydrogens is 344 g/mol. The predicted octanol–water partition coefficient (Wildman–Crippen LogP) is 0.832. The van der Waals surface area contributed by atoms with Crippen LogP contribution in [0.1, 0.15) is 27.0 Å². The minimum Gasteiger partial charge on any atom is -0.407 e. The first-order valence-corrected chi connectivity index (χ1v) is 11.2. The molecule has 1 aliphatic heterocycles. The van der Waals surface area contributed by atoms with Crippen molar-refractivity contribution in [1.29, 1.82) is 0 Å². The van der Waals surface area contributed by atoms with Gasteiger partial charge in [-0.3, -0.25) is 14.3 Å². The standard InChI is InChI=1S/C16H28N2O6Si/c1-16(2,3)25(5,6)24-13-12(22-4)10(9-19)23-14(13)18-8-7-11(20)17-15(18)21/h7-8,10,12-14,19H,9H2,1-6H3,(H,17,20,21)/t10-,12-,13-,14-/m1/s1. The summed E-state index contributed by atoms with van der Waals surface area (Å²) >= 11 is 0. The second-order valence-electron chi connectivity index (χ2n) is 7.81. The number of hydrogen-bond acceptors (Lipinski definition) is 6. The molecule has 1 saturated heterocycles. The van der Waals surface area contributed by atoms with E-state index in [1.54, 1.807) is 0 Å². The molecule has 2 heterocycles. The van der Waals surface area contributed by atoms with Crippen molar-refractivity contribution in [2.75, 3.05) is 13.7 Å². The van der Waals surface area contributed by atoms with Gasteiger partial charge in [0.15, 0.2) is 14.5 Å². The van der Waals surface area contributed by atoms with Crippen LogP contribution >= 0.6 is 0 Å². The molecular formula is C16H28N2O6Si. The van der Waals surface area contributed by atoms with Gasteiger partial charge in [-0.15, -0.1) is 0 Å². The summed E-state index contributed by atoms with van der Waals surface area (Å²) in [7, 11) is -0.678. The molecule has 1 aliphatic rings.